The van der Waals surface area contributed by atoms with Gasteiger partial charge in [0.05, 0.1) is 17.2 Å². The molecule has 1 fully saturated rings. The van der Waals surface area contributed by atoms with Crippen LogP contribution in [0.15, 0.2) is 36.4 Å². The fourth-order valence-electron chi connectivity index (χ4n) is 3.39. The molecule has 1 saturated heterocycles. The molecule has 0 spiro atoms. The van der Waals surface area contributed by atoms with E-state index in [1.165, 1.54) is 31.2 Å². The molecule has 2 aromatic rings. The maximum Gasteiger partial charge on any atom is 0.311 e. The Hall–Kier alpha value is -3.49. The van der Waals surface area contributed by atoms with Gasteiger partial charge >= 0.3 is 5.69 Å². The molecule has 0 aliphatic carbocycles. The van der Waals surface area contributed by atoms with E-state index < -0.39 is 10.7 Å². The van der Waals surface area contributed by atoms with Gasteiger partial charge in [0.15, 0.2) is 11.5 Å². The van der Waals surface area contributed by atoms with Crippen molar-refractivity contribution in [2.24, 2.45) is 0 Å². The van der Waals surface area contributed by atoms with Crippen molar-refractivity contribution < 1.29 is 23.6 Å². The van der Waals surface area contributed by atoms with Crippen LogP contribution in [0.3, 0.4) is 0 Å². The first kappa shape index (κ1) is 21.2. The Morgan fingerprint density at radius 2 is 1.77 bits per heavy atom. The van der Waals surface area contributed by atoms with Crippen LogP contribution in [0.5, 0.6) is 5.75 Å². The van der Waals surface area contributed by atoms with Gasteiger partial charge in [0.1, 0.15) is 5.82 Å². The van der Waals surface area contributed by atoms with E-state index in [1.54, 1.807) is 24.0 Å². The smallest absolute Gasteiger partial charge is 0.311 e. The molecule has 0 aromatic heterocycles. The zero-order chi connectivity index (χ0) is 21.8. The van der Waals surface area contributed by atoms with Gasteiger partial charge in [-0.15, -0.1) is 0 Å². The lowest BCUT2D eigenvalue weighted by Gasteiger charge is -2.36. The predicted molar refractivity (Wildman–Crippen MR) is 109 cm³/mol. The Morgan fingerprint density at radius 3 is 2.33 bits per heavy atom. The lowest BCUT2D eigenvalue weighted by atomic mass is 10.1. The SMILES string of the molecule is CCOc1ccc(C(=O)N2CCN(c3ccc(C(C)=O)cc3F)CC2)cc1[N+](=O)[O-]. The topological polar surface area (TPSA) is 93.0 Å². The third-order valence-electron chi connectivity index (χ3n) is 4.96. The highest BCUT2D eigenvalue weighted by molar-refractivity contribution is 5.95. The van der Waals surface area contributed by atoms with Crippen molar-refractivity contribution in [3.63, 3.8) is 0 Å². The number of ether oxygens (including phenoxy) is 1. The van der Waals surface area contributed by atoms with Crippen molar-refractivity contribution in [2.45, 2.75) is 13.8 Å². The Morgan fingerprint density at radius 1 is 1.10 bits per heavy atom. The molecular formula is C21H22FN3O5. The van der Waals surface area contributed by atoms with Gasteiger partial charge in [-0.1, -0.05) is 0 Å². The number of piperazine rings is 1. The molecule has 3 rings (SSSR count). The van der Waals surface area contributed by atoms with Crippen LogP contribution in [0, 0.1) is 15.9 Å². The summed E-state index contributed by atoms with van der Waals surface area (Å²) in [6.07, 6.45) is 0. The minimum Gasteiger partial charge on any atom is -0.487 e. The molecule has 0 bridgehead atoms. The quantitative estimate of drug-likeness (QED) is 0.408. The number of amides is 1. The number of anilines is 1. The molecule has 0 N–H and O–H groups in total. The molecule has 1 amide bonds. The zero-order valence-corrected chi connectivity index (χ0v) is 16.8. The number of benzene rings is 2. The number of nitro benzene ring substituents is 1. The molecule has 8 nitrogen and oxygen atoms in total. The summed E-state index contributed by atoms with van der Waals surface area (Å²) in [5.41, 5.74) is 0.635. The van der Waals surface area contributed by atoms with Crippen molar-refractivity contribution in [1.82, 2.24) is 4.90 Å². The lowest BCUT2D eigenvalue weighted by Crippen LogP contribution is -2.49. The largest absolute Gasteiger partial charge is 0.487 e. The van der Waals surface area contributed by atoms with Gasteiger partial charge < -0.3 is 14.5 Å². The van der Waals surface area contributed by atoms with Crippen LogP contribution in [-0.4, -0.2) is 54.3 Å². The van der Waals surface area contributed by atoms with Gasteiger partial charge in [-0.25, -0.2) is 4.39 Å². The first-order valence-corrected chi connectivity index (χ1v) is 9.57. The maximum atomic E-state index is 14.4. The number of halogens is 1. The molecule has 0 unspecified atom stereocenters. The first-order chi connectivity index (χ1) is 14.3. The number of ketones is 1. The number of rotatable bonds is 6. The summed E-state index contributed by atoms with van der Waals surface area (Å²) < 4.78 is 19.6. The monoisotopic (exact) mass is 415 g/mol. The van der Waals surface area contributed by atoms with Crippen LogP contribution in [0.2, 0.25) is 0 Å². The van der Waals surface area contributed by atoms with Gasteiger partial charge in [-0.3, -0.25) is 19.7 Å². The van der Waals surface area contributed by atoms with Crippen LogP contribution >= 0.6 is 0 Å². The summed E-state index contributed by atoms with van der Waals surface area (Å²) in [4.78, 5) is 38.3. The van der Waals surface area contributed by atoms with Crippen molar-refractivity contribution in [3.8, 4) is 5.75 Å². The Kier molecular flexibility index (Phi) is 6.29. The number of Topliss-reactive ketones (excluding diaryl/α,β-unsaturated/α-hetero) is 1. The summed E-state index contributed by atoms with van der Waals surface area (Å²) in [5.74, 6) is -0.897. The molecule has 9 heteroatoms. The fourth-order valence-corrected chi connectivity index (χ4v) is 3.39. The van der Waals surface area contributed by atoms with Gasteiger partial charge in [-0.2, -0.15) is 0 Å². The Labute approximate surface area is 173 Å². The second-order valence-electron chi connectivity index (χ2n) is 6.87. The molecule has 1 aliphatic heterocycles. The molecule has 2 aromatic carbocycles. The van der Waals surface area contributed by atoms with Crippen LogP contribution in [0.25, 0.3) is 0 Å². The second-order valence-corrected chi connectivity index (χ2v) is 6.87. The van der Waals surface area contributed by atoms with Crippen molar-refractivity contribution >= 4 is 23.1 Å². The standard InChI is InChI=1S/C21H22FN3O5/c1-3-30-20-7-5-16(13-19(20)25(28)29)21(27)24-10-8-23(9-11-24)18-6-4-15(14(2)26)12-17(18)22/h4-7,12-13H,3,8-11H2,1-2H3. The highest BCUT2D eigenvalue weighted by atomic mass is 19.1. The van der Waals surface area contributed by atoms with E-state index in [1.807, 2.05) is 4.90 Å². The van der Waals surface area contributed by atoms with Crippen LogP contribution in [0.1, 0.15) is 34.6 Å². The molecule has 0 saturated carbocycles. The first-order valence-electron chi connectivity index (χ1n) is 9.57. The molecule has 0 radical (unpaired) electrons. The van der Waals surface area contributed by atoms with Gasteiger partial charge in [0.2, 0.25) is 0 Å². The normalized spacial score (nSPS) is 13.8. The Balaban J connectivity index is 1.71. The average Bonchev–Trinajstić information content (AvgIpc) is 2.73. The van der Waals surface area contributed by atoms with E-state index >= 15 is 0 Å². The number of hydrogen-bond donors (Lipinski definition) is 0. The second kappa shape index (κ2) is 8.89. The van der Waals surface area contributed by atoms with Gasteiger partial charge in [0.25, 0.3) is 5.91 Å². The van der Waals surface area contributed by atoms with Gasteiger partial charge in [-0.05, 0) is 44.2 Å². The highest BCUT2D eigenvalue weighted by Gasteiger charge is 2.26. The van der Waals surface area contributed by atoms with Crippen molar-refractivity contribution in [3.05, 3.63) is 63.5 Å². The third kappa shape index (κ3) is 4.40. The summed E-state index contributed by atoms with van der Waals surface area (Å²) >= 11 is 0. The Bertz CT molecular complexity index is 987. The molecular weight excluding hydrogens is 393 g/mol. The third-order valence-corrected chi connectivity index (χ3v) is 4.96. The van der Waals surface area contributed by atoms with Crippen LogP contribution < -0.4 is 9.64 Å². The van der Waals surface area contributed by atoms with Crippen molar-refractivity contribution in [2.75, 3.05) is 37.7 Å². The highest BCUT2D eigenvalue weighted by Crippen LogP contribution is 2.29. The van der Waals surface area contributed by atoms with E-state index in [4.69, 9.17) is 4.74 Å². The molecule has 1 heterocycles. The van der Waals surface area contributed by atoms with Crippen LogP contribution in [-0.2, 0) is 0 Å². The minimum atomic E-state index is -0.576. The van der Waals surface area contributed by atoms with Crippen molar-refractivity contribution in [1.29, 1.82) is 0 Å². The number of nitro groups is 1. The number of carbonyl (C=O) groups excluding carboxylic acids is 2. The summed E-state index contributed by atoms with van der Waals surface area (Å²) in [7, 11) is 0. The molecule has 1 aliphatic rings. The molecule has 158 valence electrons. The zero-order valence-electron chi connectivity index (χ0n) is 16.8. The number of carbonyl (C=O) groups is 2. The van der Waals surface area contributed by atoms with E-state index in [2.05, 4.69) is 0 Å². The van der Waals surface area contributed by atoms with E-state index in [9.17, 15) is 24.1 Å². The summed E-state index contributed by atoms with van der Waals surface area (Å²) in [6, 6.07) is 8.52. The predicted octanol–water partition coefficient (Wildman–Crippen LogP) is 3.30. The lowest BCUT2D eigenvalue weighted by molar-refractivity contribution is -0.385. The molecule has 0 atom stereocenters. The van der Waals surface area contributed by atoms with E-state index in [0.717, 1.165) is 0 Å². The minimum absolute atomic E-state index is 0.119. The fraction of sp³-hybridized carbons (Fsp3) is 0.333. The number of nitrogens with zero attached hydrogens (tertiary/aromatic N) is 3. The summed E-state index contributed by atoms with van der Waals surface area (Å²) in [5, 5.41) is 11.3. The van der Waals surface area contributed by atoms with Gasteiger partial charge in [0, 0.05) is 43.4 Å². The average molecular weight is 415 g/mol. The van der Waals surface area contributed by atoms with E-state index in [-0.39, 0.29) is 35.3 Å². The molecule has 30 heavy (non-hydrogen) atoms. The maximum absolute atomic E-state index is 14.4. The summed E-state index contributed by atoms with van der Waals surface area (Å²) in [6.45, 7) is 4.87. The number of hydrogen-bond acceptors (Lipinski definition) is 6. The van der Waals surface area contributed by atoms with Crippen LogP contribution in [0.4, 0.5) is 15.8 Å². The van der Waals surface area contributed by atoms with E-state index in [0.29, 0.717) is 37.4 Å².